The van der Waals surface area contributed by atoms with E-state index >= 15 is 0 Å². The van der Waals surface area contributed by atoms with Crippen LogP contribution in [0.3, 0.4) is 0 Å². The van der Waals surface area contributed by atoms with Crippen molar-refractivity contribution in [1.29, 1.82) is 0 Å². The highest BCUT2D eigenvalue weighted by atomic mass is 19.1. The van der Waals surface area contributed by atoms with Crippen LogP contribution >= 0.6 is 0 Å². The van der Waals surface area contributed by atoms with Crippen molar-refractivity contribution in [2.75, 3.05) is 56.6 Å². The zero-order valence-corrected chi connectivity index (χ0v) is 21.1. The fraction of sp³-hybridized carbons (Fsp3) is 0.345. The molecule has 1 amide bonds. The predicted molar refractivity (Wildman–Crippen MR) is 142 cm³/mol. The number of halogens is 1. The van der Waals surface area contributed by atoms with E-state index < -0.39 is 0 Å². The molecule has 0 saturated carbocycles. The third-order valence-corrected chi connectivity index (χ3v) is 6.97. The molecule has 1 atom stereocenters. The summed E-state index contributed by atoms with van der Waals surface area (Å²) in [6, 6.07) is 21.2. The van der Waals surface area contributed by atoms with Crippen LogP contribution in [-0.2, 0) is 0 Å². The normalized spacial score (nSPS) is 15.1. The Hall–Kier alpha value is -3.38. The minimum atomic E-state index is -0.215. The molecular weight excluding hydrogens is 439 g/mol. The Kier molecular flexibility index (Phi) is 7.71. The van der Waals surface area contributed by atoms with Crippen molar-refractivity contribution in [2.24, 2.45) is 0 Å². The number of amides is 1. The summed E-state index contributed by atoms with van der Waals surface area (Å²) in [7, 11) is 4.07. The molecule has 0 aromatic heterocycles. The molecule has 1 unspecified atom stereocenters. The van der Waals surface area contributed by atoms with Crippen LogP contribution in [0, 0.1) is 19.7 Å². The monoisotopic (exact) mass is 474 g/mol. The second-order valence-electron chi connectivity index (χ2n) is 9.51. The van der Waals surface area contributed by atoms with Gasteiger partial charge in [0.1, 0.15) is 5.82 Å². The smallest absolute Gasteiger partial charge is 0.251 e. The van der Waals surface area contributed by atoms with E-state index in [2.05, 4.69) is 51.2 Å². The van der Waals surface area contributed by atoms with Crippen LogP contribution in [0.4, 0.5) is 15.8 Å². The van der Waals surface area contributed by atoms with Crippen molar-refractivity contribution >= 4 is 17.3 Å². The highest BCUT2D eigenvalue weighted by molar-refractivity contribution is 5.94. The molecule has 1 saturated heterocycles. The molecule has 0 radical (unpaired) electrons. The number of carbonyl (C=O) groups excluding carboxylic acids is 1. The van der Waals surface area contributed by atoms with Crippen molar-refractivity contribution in [1.82, 2.24) is 10.2 Å². The van der Waals surface area contributed by atoms with Gasteiger partial charge in [0, 0.05) is 63.8 Å². The van der Waals surface area contributed by atoms with Gasteiger partial charge in [-0.05, 0) is 79.1 Å². The zero-order chi connectivity index (χ0) is 24.9. The zero-order valence-electron chi connectivity index (χ0n) is 21.1. The molecule has 3 aromatic rings. The van der Waals surface area contributed by atoms with Gasteiger partial charge in [0.25, 0.3) is 5.91 Å². The summed E-state index contributed by atoms with van der Waals surface area (Å²) >= 11 is 0. The summed E-state index contributed by atoms with van der Waals surface area (Å²) in [5, 5.41) is 3.18. The molecule has 0 aliphatic carbocycles. The van der Waals surface area contributed by atoms with Gasteiger partial charge in [-0.15, -0.1) is 0 Å². The molecule has 0 bridgehead atoms. The number of hydrogen-bond acceptors (Lipinski definition) is 4. The Morgan fingerprint density at radius 1 is 0.914 bits per heavy atom. The van der Waals surface area contributed by atoms with Gasteiger partial charge in [-0.25, -0.2) is 4.39 Å². The van der Waals surface area contributed by atoms with E-state index in [4.69, 9.17) is 0 Å². The van der Waals surface area contributed by atoms with E-state index in [0.29, 0.717) is 12.1 Å². The summed E-state index contributed by atoms with van der Waals surface area (Å²) in [4.78, 5) is 19.8. The lowest BCUT2D eigenvalue weighted by molar-refractivity contribution is 0.0930. The number of nitrogens with zero attached hydrogens (tertiary/aromatic N) is 3. The van der Waals surface area contributed by atoms with Crippen molar-refractivity contribution in [3.63, 3.8) is 0 Å². The molecule has 6 heteroatoms. The van der Waals surface area contributed by atoms with Crippen molar-refractivity contribution < 1.29 is 9.18 Å². The minimum Gasteiger partial charge on any atom is -0.378 e. The Bertz CT molecular complexity index is 1140. The SMILES string of the molecule is Cc1ccc(C(=O)NCC(c2ccc(N(C)C)cc2)N2CCN(c3ccc(F)cc3)CC2)cc1C. The fourth-order valence-electron chi connectivity index (χ4n) is 4.57. The number of carbonyl (C=O) groups is 1. The maximum Gasteiger partial charge on any atom is 0.251 e. The lowest BCUT2D eigenvalue weighted by atomic mass is 10.0. The Labute approximate surface area is 208 Å². The Morgan fingerprint density at radius 3 is 2.17 bits per heavy atom. The molecular formula is C29H35FN4O. The van der Waals surface area contributed by atoms with Gasteiger partial charge in [-0.2, -0.15) is 0 Å². The van der Waals surface area contributed by atoms with Crippen LogP contribution < -0.4 is 15.1 Å². The number of nitrogens with one attached hydrogen (secondary N) is 1. The summed E-state index contributed by atoms with van der Waals surface area (Å²) in [6.45, 7) is 8.03. The van der Waals surface area contributed by atoms with E-state index in [1.807, 2.05) is 51.4 Å². The lowest BCUT2D eigenvalue weighted by Gasteiger charge is -2.40. The van der Waals surface area contributed by atoms with Crippen LogP contribution in [0.25, 0.3) is 0 Å². The van der Waals surface area contributed by atoms with E-state index in [-0.39, 0.29) is 17.8 Å². The first-order valence-electron chi connectivity index (χ1n) is 12.2. The van der Waals surface area contributed by atoms with Crippen LogP contribution in [0.1, 0.15) is 33.1 Å². The van der Waals surface area contributed by atoms with Crippen molar-refractivity contribution in [3.05, 3.63) is 94.8 Å². The first kappa shape index (κ1) is 24.7. The van der Waals surface area contributed by atoms with Gasteiger partial charge in [-0.1, -0.05) is 18.2 Å². The van der Waals surface area contributed by atoms with Gasteiger partial charge in [0.2, 0.25) is 0 Å². The molecule has 1 aliphatic heterocycles. The average Bonchev–Trinajstić information content (AvgIpc) is 2.87. The third-order valence-electron chi connectivity index (χ3n) is 6.97. The Morgan fingerprint density at radius 2 is 1.57 bits per heavy atom. The quantitative estimate of drug-likeness (QED) is 0.534. The van der Waals surface area contributed by atoms with E-state index in [9.17, 15) is 9.18 Å². The van der Waals surface area contributed by atoms with Gasteiger partial charge >= 0.3 is 0 Å². The van der Waals surface area contributed by atoms with Gasteiger partial charge in [0.05, 0.1) is 6.04 Å². The summed E-state index contributed by atoms with van der Waals surface area (Å²) in [6.07, 6.45) is 0. The second-order valence-corrected chi connectivity index (χ2v) is 9.51. The Balaban J connectivity index is 1.48. The van der Waals surface area contributed by atoms with Crippen molar-refractivity contribution in [3.8, 4) is 0 Å². The highest BCUT2D eigenvalue weighted by Gasteiger charge is 2.26. The van der Waals surface area contributed by atoms with E-state index in [1.165, 1.54) is 23.3 Å². The predicted octanol–water partition coefficient (Wildman–Crippen LogP) is 4.80. The summed E-state index contributed by atoms with van der Waals surface area (Å²) in [5.74, 6) is -0.263. The van der Waals surface area contributed by atoms with Crippen LogP contribution in [0.15, 0.2) is 66.7 Å². The molecule has 1 fully saturated rings. The highest BCUT2D eigenvalue weighted by Crippen LogP contribution is 2.26. The second kappa shape index (κ2) is 10.9. The number of piperazine rings is 1. The number of benzene rings is 3. The van der Waals surface area contributed by atoms with E-state index in [0.717, 1.165) is 43.1 Å². The third kappa shape index (κ3) is 6.01. The molecule has 1 heterocycles. The number of rotatable bonds is 7. The maximum absolute atomic E-state index is 13.3. The topological polar surface area (TPSA) is 38.8 Å². The van der Waals surface area contributed by atoms with Gasteiger partial charge < -0.3 is 15.1 Å². The number of aryl methyl sites for hydroxylation is 2. The molecule has 1 aliphatic rings. The minimum absolute atomic E-state index is 0.0482. The molecule has 4 rings (SSSR count). The first-order valence-corrected chi connectivity index (χ1v) is 12.2. The number of anilines is 2. The molecule has 0 spiro atoms. The van der Waals surface area contributed by atoms with Crippen molar-refractivity contribution in [2.45, 2.75) is 19.9 Å². The standard InChI is InChI=1S/C29H35FN4O/c1-21-5-6-24(19-22(21)2)29(35)31-20-28(23-7-11-26(12-8-23)32(3)4)34-17-15-33(16-18-34)27-13-9-25(30)10-14-27/h5-14,19,28H,15-18,20H2,1-4H3,(H,31,35). The summed E-state index contributed by atoms with van der Waals surface area (Å²) < 4.78 is 13.3. The lowest BCUT2D eigenvalue weighted by Crippen LogP contribution is -2.50. The fourth-order valence-corrected chi connectivity index (χ4v) is 4.57. The molecule has 3 aromatic carbocycles. The largest absolute Gasteiger partial charge is 0.378 e. The van der Waals surface area contributed by atoms with Crippen LogP contribution in [-0.4, -0.2) is 57.6 Å². The molecule has 184 valence electrons. The molecule has 1 N–H and O–H groups in total. The van der Waals surface area contributed by atoms with Crippen LogP contribution in [0.2, 0.25) is 0 Å². The van der Waals surface area contributed by atoms with Crippen LogP contribution in [0.5, 0.6) is 0 Å². The number of hydrogen-bond donors (Lipinski definition) is 1. The molecule has 5 nitrogen and oxygen atoms in total. The summed E-state index contributed by atoms with van der Waals surface area (Å²) in [5.41, 5.74) is 6.36. The van der Waals surface area contributed by atoms with E-state index in [1.54, 1.807) is 0 Å². The van der Waals surface area contributed by atoms with Gasteiger partial charge in [0.15, 0.2) is 0 Å². The average molecular weight is 475 g/mol. The molecule has 35 heavy (non-hydrogen) atoms. The van der Waals surface area contributed by atoms with Gasteiger partial charge in [-0.3, -0.25) is 9.69 Å². The first-order chi connectivity index (χ1) is 16.8. The maximum atomic E-state index is 13.3.